The van der Waals surface area contributed by atoms with E-state index in [4.69, 9.17) is 9.47 Å². The molecule has 35 heavy (non-hydrogen) atoms. The van der Waals surface area contributed by atoms with Crippen LogP contribution < -0.4 is 9.47 Å². The summed E-state index contributed by atoms with van der Waals surface area (Å²) in [6.45, 7) is 3.93. The molecule has 1 aliphatic heterocycles. The second-order valence-corrected chi connectivity index (χ2v) is 8.52. The number of ether oxygens (including phenoxy) is 2. The molecule has 0 bridgehead atoms. The molecular weight excluding hydrogens is 449 g/mol. The Balaban J connectivity index is 1.83. The van der Waals surface area contributed by atoms with Crippen molar-refractivity contribution in [2.24, 2.45) is 0 Å². The number of nitrogens with zero attached hydrogens (tertiary/aromatic N) is 1. The summed E-state index contributed by atoms with van der Waals surface area (Å²) in [4.78, 5) is 27.8. The molecule has 1 unspecified atom stereocenters. The molecule has 6 nitrogen and oxygen atoms in total. The van der Waals surface area contributed by atoms with E-state index in [1.54, 1.807) is 43.5 Å². The molecule has 1 heterocycles. The number of carbonyl (C=O) groups is 2. The molecule has 0 spiro atoms. The number of aliphatic hydroxyl groups excluding tert-OH is 1. The van der Waals surface area contributed by atoms with Gasteiger partial charge in [0.2, 0.25) is 0 Å². The number of rotatable bonds is 7. The van der Waals surface area contributed by atoms with Crippen molar-refractivity contribution in [3.63, 3.8) is 0 Å². The van der Waals surface area contributed by atoms with E-state index in [9.17, 15) is 19.1 Å². The molecule has 1 atom stereocenters. The summed E-state index contributed by atoms with van der Waals surface area (Å²) in [6, 6.07) is 18.5. The number of hydrogen-bond donors (Lipinski definition) is 1. The van der Waals surface area contributed by atoms with Crippen LogP contribution in [0.25, 0.3) is 5.76 Å². The third-order valence-corrected chi connectivity index (χ3v) is 5.72. The molecule has 1 fully saturated rings. The summed E-state index contributed by atoms with van der Waals surface area (Å²) in [6.07, 6.45) is -0.0740. The summed E-state index contributed by atoms with van der Waals surface area (Å²) in [5, 5.41) is 11.1. The summed E-state index contributed by atoms with van der Waals surface area (Å²) in [7, 11) is 1.56. The number of methoxy groups -OCH3 is 1. The summed E-state index contributed by atoms with van der Waals surface area (Å²) >= 11 is 0. The molecule has 1 amide bonds. The van der Waals surface area contributed by atoms with Crippen LogP contribution in [0, 0.1) is 5.82 Å². The fraction of sp³-hybridized carbons (Fsp3) is 0.214. The van der Waals surface area contributed by atoms with Crippen LogP contribution in [0.3, 0.4) is 0 Å². The Morgan fingerprint density at radius 3 is 2.31 bits per heavy atom. The zero-order chi connectivity index (χ0) is 25.1. The Morgan fingerprint density at radius 1 is 1.00 bits per heavy atom. The van der Waals surface area contributed by atoms with Crippen LogP contribution >= 0.6 is 0 Å². The van der Waals surface area contributed by atoms with Crippen molar-refractivity contribution in [1.29, 1.82) is 0 Å². The van der Waals surface area contributed by atoms with Gasteiger partial charge in [0, 0.05) is 12.1 Å². The van der Waals surface area contributed by atoms with Gasteiger partial charge < -0.3 is 19.5 Å². The first-order chi connectivity index (χ1) is 16.8. The van der Waals surface area contributed by atoms with E-state index in [2.05, 4.69) is 0 Å². The minimum absolute atomic E-state index is 0.0585. The van der Waals surface area contributed by atoms with Crippen molar-refractivity contribution in [1.82, 2.24) is 4.90 Å². The van der Waals surface area contributed by atoms with Gasteiger partial charge in [0.1, 0.15) is 23.1 Å². The zero-order valence-electron chi connectivity index (χ0n) is 19.7. The molecule has 1 aliphatic rings. The molecule has 3 aromatic carbocycles. The van der Waals surface area contributed by atoms with Crippen molar-refractivity contribution < 1.29 is 28.6 Å². The minimum Gasteiger partial charge on any atom is -0.507 e. The first-order valence-corrected chi connectivity index (χ1v) is 11.2. The molecule has 4 rings (SSSR count). The van der Waals surface area contributed by atoms with Crippen LogP contribution in [0.1, 0.15) is 36.6 Å². The molecule has 0 aliphatic carbocycles. The Bertz CT molecular complexity index is 1270. The second-order valence-electron chi connectivity index (χ2n) is 8.52. The first-order valence-electron chi connectivity index (χ1n) is 11.2. The molecular formula is C28H26FNO5. The van der Waals surface area contributed by atoms with E-state index in [0.29, 0.717) is 17.1 Å². The summed E-state index contributed by atoms with van der Waals surface area (Å²) in [5.74, 6) is -1.13. The van der Waals surface area contributed by atoms with Gasteiger partial charge in [0.15, 0.2) is 0 Å². The van der Waals surface area contributed by atoms with Gasteiger partial charge in [-0.25, -0.2) is 4.39 Å². The lowest BCUT2D eigenvalue weighted by Crippen LogP contribution is -2.29. The maximum Gasteiger partial charge on any atom is 0.295 e. The molecule has 0 saturated carbocycles. The van der Waals surface area contributed by atoms with Gasteiger partial charge in [0.25, 0.3) is 11.7 Å². The third kappa shape index (κ3) is 5.04. The molecule has 1 saturated heterocycles. The number of benzene rings is 3. The van der Waals surface area contributed by atoms with Crippen molar-refractivity contribution in [3.05, 3.63) is 101 Å². The lowest BCUT2D eigenvalue weighted by atomic mass is 9.95. The highest BCUT2D eigenvalue weighted by Crippen LogP contribution is 2.41. The lowest BCUT2D eigenvalue weighted by molar-refractivity contribution is -0.140. The van der Waals surface area contributed by atoms with E-state index in [-0.39, 0.29) is 29.5 Å². The molecule has 180 valence electrons. The number of halogens is 1. The molecule has 0 radical (unpaired) electrons. The maximum absolute atomic E-state index is 13.5. The van der Waals surface area contributed by atoms with Gasteiger partial charge in [-0.15, -0.1) is 0 Å². The molecule has 0 aromatic heterocycles. The number of amides is 1. The Morgan fingerprint density at radius 2 is 1.69 bits per heavy atom. The van der Waals surface area contributed by atoms with Crippen LogP contribution in [-0.4, -0.2) is 34.9 Å². The average Bonchev–Trinajstić information content (AvgIpc) is 3.09. The van der Waals surface area contributed by atoms with Crippen molar-refractivity contribution >= 4 is 17.4 Å². The predicted molar refractivity (Wildman–Crippen MR) is 129 cm³/mol. The number of ketones is 1. The highest BCUT2D eigenvalue weighted by molar-refractivity contribution is 6.46. The van der Waals surface area contributed by atoms with Crippen LogP contribution in [0.4, 0.5) is 4.39 Å². The Kier molecular flexibility index (Phi) is 6.87. The normalized spacial score (nSPS) is 17.2. The number of aliphatic hydroxyl groups is 1. The standard InChI is InChI=1S/C28H26FNO5/c1-17(2)35-23-6-4-5-20(15-23)25-24(26(31)19-9-11-21(29)12-10-19)27(32)28(33)30(25)16-18-7-13-22(34-3)14-8-18/h4-15,17,25,31H,16H2,1-3H3/b26-24-. The largest absolute Gasteiger partial charge is 0.507 e. The predicted octanol–water partition coefficient (Wildman–Crippen LogP) is 5.24. The van der Waals surface area contributed by atoms with Crippen LogP contribution in [0.15, 0.2) is 78.4 Å². The van der Waals surface area contributed by atoms with E-state index in [1.807, 2.05) is 26.0 Å². The second kappa shape index (κ2) is 10.0. The van der Waals surface area contributed by atoms with E-state index < -0.39 is 23.5 Å². The highest BCUT2D eigenvalue weighted by Gasteiger charge is 2.46. The van der Waals surface area contributed by atoms with Crippen LogP contribution in [0.2, 0.25) is 0 Å². The van der Waals surface area contributed by atoms with Gasteiger partial charge in [-0.1, -0.05) is 24.3 Å². The molecule has 1 N–H and O–H groups in total. The fourth-order valence-electron chi connectivity index (χ4n) is 4.11. The topological polar surface area (TPSA) is 76.1 Å². The summed E-state index contributed by atoms with van der Waals surface area (Å²) in [5.41, 5.74) is 1.58. The smallest absolute Gasteiger partial charge is 0.295 e. The van der Waals surface area contributed by atoms with E-state index >= 15 is 0 Å². The quantitative estimate of drug-likeness (QED) is 0.287. The number of carbonyl (C=O) groups excluding carboxylic acids is 2. The highest BCUT2D eigenvalue weighted by atomic mass is 19.1. The van der Waals surface area contributed by atoms with Crippen molar-refractivity contribution in [3.8, 4) is 11.5 Å². The molecule has 3 aromatic rings. The molecule has 7 heteroatoms. The Hall–Kier alpha value is -4.13. The number of likely N-dealkylation sites (tertiary alicyclic amines) is 1. The van der Waals surface area contributed by atoms with Gasteiger partial charge in [-0.05, 0) is 73.5 Å². The van der Waals surface area contributed by atoms with E-state index in [0.717, 1.165) is 5.56 Å². The minimum atomic E-state index is -0.863. The van der Waals surface area contributed by atoms with Gasteiger partial charge in [0.05, 0.1) is 24.8 Å². The van der Waals surface area contributed by atoms with Crippen LogP contribution in [0.5, 0.6) is 11.5 Å². The SMILES string of the molecule is COc1ccc(CN2C(=O)C(=O)/C(=C(\O)c3ccc(F)cc3)C2c2cccc(OC(C)C)c2)cc1. The van der Waals surface area contributed by atoms with Gasteiger partial charge >= 0.3 is 0 Å². The van der Waals surface area contributed by atoms with Gasteiger partial charge in [-0.3, -0.25) is 9.59 Å². The van der Waals surface area contributed by atoms with Crippen LogP contribution in [-0.2, 0) is 16.1 Å². The van der Waals surface area contributed by atoms with Crippen molar-refractivity contribution in [2.75, 3.05) is 7.11 Å². The first kappa shape index (κ1) is 24.0. The summed E-state index contributed by atoms with van der Waals surface area (Å²) < 4.78 is 24.5. The van der Waals surface area contributed by atoms with Gasteiger partial charge in [-0.2, -0.15) is 0 Å². The Labute approximate surface area is 203 Å². The zero-order valence-corrected chi connectivity index (χ0v) is 19.7. The fourth-order valence-corrected chi connectivity index (χ4v) is 4.11. The number of hydrogen-bond acceptors (Lipinski definition) is 5. The lowest BCUT2D eigenvalue weighted by Gasteiger charge is -2.26. The third-order valence-electron chi connectivity index (χ3n) is 5.72. The average molecular weight is 476 g/mol. The van der Waals surface area contributed by atoms with E-state index in [1.165, 1.54) is 29.2 Å². The maximum atomic E-state index is 13.5. The number of Topliss-reactive ketones (excluding diaryl/α,β-unsaturated/α-hetero) is 1. The van der Waals surface area contributed by atoms with Crippen molar-refractivity contribution in [2.45, 2.75) is 32.5 Å². The monoisotopic (exact) mass is 475 g/mol.